The summed E-state index contributed by atoms with van der Waals surface area (Å²) in [6, 6.07) is 4.89. The van der Waals surface area contributed by atoms with Crippen LogP contribution in [0.15, 0.2) is 40.7 Å². The highest BCUT2D eigenvalue weighted by Gasteiger charge is 2.39. The fourth-order valence-electron chi connectivity index (χ4n) is 3.88. The van der Waals surface area contributed by atoms with E-state index in [0.717, 1.165) is 18.5 Å². The first-order valence-electron chi connectivity index (χ1n) is 9.83. The van der Waals surface area contributed by atoms with Crippen LogP contribution in [-0.4, -0.2) is 43.8 Å². The Balaban J connectivity index is 2.03. The van der Waals surface area contributed by atoms with Crippen molar-refractivity contribution in [2.75, 3.05) is 26.9 Å². The molecule has 29 heavy (non-hydrogen) atoms. The van der Waals surface area contributed by atoms with Crippen molar-refractivity contribution < 1.29 is 28.9 Å². The quantitative estimate of drug-likeness (QED) is 0.536. The number of carbonyl (C=O) groups is 2. The van der Waals surface area contributed by atoms with Crippen molar-refractivity contribution in [3.05, 3.63) is 46.3 Å². The van der Waals surface area contributed by atoms with Crippen LogP contribution in [0, 0.1) is 0 Å². The smallest absolute Gasteiger partial charge is 0.336 e. The predicted molar refractivity (Wildman–Crippen MR) is 107 cm³/mol. The maximum absolute atomic E-state index is 13.0. The molecular formula is C22H27NO6. The molecule has 0 saturated carbocycles. The number of aromatic hydroxyl groups is 1. The number of rotatable bonds is 7. The summed E-state index contributed by atoms with van der Waals surface area (Å²) in [5, 5.41) is 13.2. The van der Waals surface area contributed by atoms with E-state index in [4.69, 9.17) is 14.2 Å². The molecule has 2 aliphatic rings. The van der Waals surface area contributed by atoms with E-state index >= 15 is 0 Å². The highest BCUT2D eigenvalue weighted by molar-refractivity contribution is 6.03. The molecule has 1 aromatic carbocycles. The number of dihydropyridines is 1. The van der Waals surface area contributed by atoms with E-state index in [1.165, 1.54) is 13.2 Å². The second-order valence-electron chi connectivity index (χ2n) is 7.03. The zero-order valence-corrected chi connectivity index (χ0v) is 17.0. The van der Waals surface area contributed by atoms with Crippen LogP contribution in [0.3, 0.4) is 0 Å². The largest absolute Gasteiger partial charge is 0.504 e. The number of phenols is 1. The summed E-state index contributed by atoms with van der Waals surface area (Å²) in [6.07, 6.45) is 1.96. The SMILES string of the molecule is CCOCCOC(=O)C1=C(C)NC2=C(C(=O)CCC2)[C@H]1c1ccc(O)c(OC)c1. The van der Waals surface area contributed by atoms with Gasteiger partial charge in [-0.25, -0.2) is 4.79 Å². The zero-order chi connectivity index (χ0) is 21.0. The van der Waals surface area contributed by atoms with Crippen molar-refractivity contribution in [2.45, 2.75) is 39.0 Å². The molecule has 1 heterocycles. The first-order chi connectivity index (χ1) is 14.0. The lowest BCUT2D eigenvalue weighted by Crippen LogP contribution is -2.34. The summed E-state index contributed by atoms with van der Waals surface area (Å²) in [6.45, 7) is 4.67. The Morgan fingerprint density at radius 3 is 2.79 bits per heavy atom. The molecule has 7 heteroatoms. The Morgan fingerprint density at radius 1 is 1.28 bits per heavy atom. The van der Waals surface area contributed by atoms with Crippen LogP contribution < -0.4 is 10.1 Å². The van der Waals surface area contributed by atoms with E-state index < -0.39 is 11.9 Å². The Labute approximate surface area is 170 Å². The number of methoxy groups -OCH3 is 1. The number of ketones is 1. The molecule has 1 aliphatic carbocycles. The number of hydrogen-bond acceptors (Lipinski definition) is 7. The number of ether oxygens (including phenoxy) is 3. The highest BCUT2D eigenvalue weighted by Crippen LogP contribution is 2.44. The minimum Gasteiger partial charge on any atom is -0.504 e. The van der Waals surface area contributed by atoms with Crippen LogP contribution in [0.5, 0.6) is 11.5 Å². The molecule has 7 nitrogen and oxygen atoms in total. The average Bonchev–Trinajstić information content (AvgIpc) is 2.70. The van der Waals surface area contributed by atoms with Gasteiger partial charge in [0.15, 0.2) is 17.3 Å². The molecule has 0 radical (unpaired) electrons. The van der Waals surface area contributed by atoms with Crippen molar-refractivity contribution >= 4 is 11.8 Å². The third-order valence-corrected chi connectivity index (χ3v) is 5.20. The van der Waals surface area contributed by atoms with Crippen LogP contribution in [-0.2, 0) is 19.1 Å². The third-order valence-electron chi connectivity index (χ3n) is 5.20. The number of nitrogens with one attached hydrogen (secondary N) is 1. The lowest BCUT2D eigenvalue weighted by molar-refractivity contribution is -0.140. The highest BCUT2D eigenvalue weighted by atomic mass is 16.6. The Kier molecular flexibility index (Phi) is 6.59. The second kappa shape index (κ2) is 9.13. The van der Waals surface area contributed by atoms with Crippen molar-refractivity contribution in [3.63, 3.8) is 0 Å². The maximum Gasteiger partial charge on any atom is 0.336 e. The van der Waals surface area contributed by atoms with Crippen LogP contribution in [0.4, 0.5) is 0 Å². The van der Waals surface area contributed by atoms with Crippen LogP contribution in [0.1, 0.15) is 44.6 Å². The summed E-state index contributed by atoms with van der Waals surface area (Å²) in [7, 11) is 1.46. The number of phenolic OH excluding ortho intramolecular Hbond substituents is 1. The molecule has 1 aliphatic heterocycles. The van der Waals surface area contributed by atoms with Gasteiger partial charge in [-0.05, 0) is 44.4 Å². The average molecular weight is 401 g/mol. The summed E-state index contributed by atoms with van der Waals surface area (Å²) in [4.78, 5) is 25.8. The lowest BCUT2D eigenvalue weighted by atomic mass is 9.75. The molecular weight excluding hydrogens is 374 g/mol. The lowest BCUT2D eigenvalue weighted by Gasteiger charge is -2.34. The molecule has 0 fully saturated rings. The van der Waals surface area contributed by atoms with Crippen molar-refractivity contribution in [2.24, 2.45) is 0 Å². The summed E-state index contributed by atoms with van der Waals surface area (Å²) >= 11 is 0. The van der Waals surface area contributed by atoms with Crippen molar-refractivity contribution in [3.8, 4) is 11.5 Å². The van der Waals surface area contributed by atoms with E-state index in [1.807, 2.05) is 13.8 Å². The van der Waals surface area contributed by atoms with E-state index in [2.05, 4.69) is 5.32 Å². The monoisotopic (exact) mass is 401 g/mol. The Bertz CT molecular complexity index is 870. The molecule has 0 saturated heterocycles. The standard InChI is InChI=1S/C22H27NO6/c1-4-28-10-11-29-22(26)19-13(2)23-15-6-5-7-17(25)21(15)20(19)14-8-9-16(24)18(12-14)27-3/h8-9,12,20,23-24H,4-7,10-11H2,1-3H3/t20-/m0/s1. The van der Waals surface area contributed by atoms with E-state index in [9.17, 15) is 14.7 Å². The summed E-state index contributed by atoms with van der Waals surface area (Å²) in [5.41, 5.74) is 3.19. The topological polar surface area (TPSA) is 94.1 Å². The van der Waals surface area contributed by atoms with Crippen LogP contribution in [0.25, 0.3) is 0 Å². The van der Waals surface area contributed by atoms with Gasteiger partial charge in [0.1, 0.15) is 6.61 Å². The Morgan fingerprint density at radius 2 is 2.07 bits per heavy atom. The number of allylic oxidation sites excluding steroid dienone is 3. The number of Topliss-reactive ketones (excluding diaryl/α,β-unsaturated/α-hetero) is 1. The van der Waals surface area contributed by atoms with Gasteiger partial charge in [-0.1, -0.05) is 6.07 Å². The molecule has 0 amide bonds. The van der Waals surface area contributed by atoms with Gasteiger partial charge >= 0.3 is 5.97 Å². The van der Waals surface area contributed by atoms with Gasteiger partial charge in [-0.3, -0.25) is 4.79 Å². The number of hydrogen-bond donors (Lipinski definition) is 2. The van der Waals surface area contributed by atoms with Gasteiger partial charge in [0.05, 0.1) is 19.3 Å². The van der Waals surface area contributed by atoms with Gasteiger partial charge in [0.2, 0.25) is 0 Å². The number of benzene rings is 1. The second-order valence-corrected chi connectivity index (χ2v) is 7.03. The van der Waals surface area contributed by atoms with E-state index in [1.54, 1.807) is 12.1 Å². The fraction of sp³-hybridized carbons (Fsp3) is 0.455. The molecule has 1 atom stereocenters. The molecule has 0 aromatic heterocycles. The first-order valence-corrected chi connectivity index (χ1v) is 9.83. The van der Waals surface area contributed by atoms with Gasteiger partial charge in [-0.2, -0.15) is 0 Å². The predicted octanol–water partition coefficient (Wildman–Crippen LogP) is 2.95. The van der Waals surface area contributed by atoms with Crippen LogP contribution in [0.2, 0.25) is 0 Å². The van der Waals surface area contributed by atoms with E-state index in [-0.39, 0.29) is 23.9 Å². The number of esters is 1. The molecule has 0 bridgehead atoms. The van der Waals surface area contributed by atoms with Gasteiger partial charge in [-0.15, -0.1) is 0 Å². The first kappa shape index (κ1) is 20.9. The third kappa shape index (κ3) is 4.29. The van der Waals surface area contributed by atoms with Crippen LogP contribution >= 0.6 is 0 Å². The Hall–Kier alpha value is -2.80. The minimum absolute atomic E-state index is 0.00380. The maximum atomic E-state index is 13.0. The number of carbonyl (C=O) groups excluding carboxylic acids is 2. The minimum atomic E-state index is -0.576. The normalized spacial score (nSPS) is 19.0. The summed E-state index contributed by atoms with van der Waals surface area (Å²) in [5.74, 6) is -0.767. The molecule has 0 spiro atoms. The fourth-order valence-corrected chi connectivity index (χ4v) is 3.88. The van der Waals surface area contributed by atoms with Crippen molar-refractivity contribution in [1.29, 1.82) is 0 Å². The molecule has 0 unspecified atom stereocenters. The van der Waals surface area contributed by atoms with E-state index in [0.29, 0.717) is 42.0 Å². The van der Waals surface area contributed by atoms with Crippen molar-refractivity contribution in [1.82, 2.24) is 5.32 Å². The molecule has 1 aromatic rings. The molecule has 3 rings (SSSR count). The summed E-state index contributed by atoms with van der Waals surface area (Å²) < 4.78 is 15.9. The van der Waals surface area contributed by atoms with Gasteiger partial charge in [0.25, 0.3) is 0 Å². The van der Waals surface area contributed by atoms with Gasteiger partial charge in [0, 0.05) is 35.9 Å². The van der Waals surface area contributed by atoms with Gasteiger partial charge < -0.3 is 24.6 Å². The molecule has 156 valence electrons. The zero-order valence-electron chi connectivity index (χ0n) is 17.0. The molecule has 2 N–H and O–H groups in total.